The van der Waals surface area contributed by atoms with E-state index in [0.717, 1.165) is 34.1 Å². The molecule has 3 nitrogen and oxygen atoms in total. The molecule has 1 atom stereocenters. The molecule has 0 radical (unpaired) electrons. The summed E-state index contributed by atoms with van der Waals surface area (Å²) in [4.78, 5) is 0. The largest absolute Gasteiger partial charge is 0.361 e. The van der Waals surface area contributed by atoms with Crippen molar-refractivity contribution in [1.82, 2.24) is 10.5 Å². The first-order chi connectivity index (χ1) is 8.59. The third-order valence-corrected chi connectivity index (χ3v) is 3.48. The summed E-state index contributed by atoms with van der Waals surface area (Å²) in [7, 11) is 0. The van der Waals surface area contributed by atoms with Crippen molar-refractivity contribution in [2.45, 2.75) is 33.4 Å². The van der Waals surface area contributed by atoms with E-state index in [1.807, 2.05) is 38.1 Å². The zero-order valence-electron chi connectivity index (χ0n) is 10.8. The lowest BCUT2D eigenvalue weighted by Gasteiger charge is -2.15. The molecule has 0 spiro atoms. The molecule has 2 aromatic rings. The lowest BCUT2D eigenvalue weighted by molar-refractivity contribution is 0.391. The van der Waals surface area contributed by atoms with Gasteiger partial charge in [-0.2, -0.15) is 0 Å². The van der Waals surface area contributed by atoms with Gasteiger partial charge in [-0.25, -0.2) is 0 Å². The number of halogens is 1. The normalized spacial score (nSPS) is 12.7. The van der Waals surface area contributed by atoms with E-state index in [0.29, 0.717) is 0 Å². The van der Waals surface area contributed by atoms with Crippen molar-refractivity contribution in [2.75, 3.05) is 0 Å². The summed E-state index contributed by atoms with van der Waals surface area (Å²) in [5.74, 6) is 0.867. The van der Waals surface area contributed by atoms with E-state index in [-0.39, 0.29) is 6.04 Å². The van der Waals surface area contributed by atoms with Gasteiger partial charge < -0.3 is 9.84 Å². The monoisotopic (exact) mass is 264 g/mol. The molecule has 0 saturated carbocycles. The van der Waals surface area contributed by atoms with Crippen LogP contribution in [0, 0.1) is 13.8 Å². The number of hydrogen-bond acceptors (Lipinski definition) is 3. The van der Waals surface area contributed by atoms with E-state index < -0.39 is 0 Å². The Morgan fingerprint density at radius 3 is 2.67 bits per heavy atom. The quantitative estimate of drug-likeness (QED) is 0.913. The van der Waals surface area contributed by atoms with E-state index in [1.54, 1.807) is 0 Å². The average Bonchev–Trinajstić information content (AvgIpc) is 2.67. The van der Waals surface area contributed by atoms with Crippen LogP contribution < -0.4 is 5.32 Å². The third kappa shape index (κ3) is 2.74. The Labute approximate surface area is 112 Å². The standard InChI is InChI=1S/C14H17ClN2O/c1-9(12-6-4-5-7-14(12)15)16-8-13-10(2)17-18-11(13)3/h4-7,9,16H,8H2,1-3H3. The fraction of sp³-hybridized carbons (Fsp3) is 0.357. The van der Waals surface area contributed by atoms with Crippen molar-refractivity contribution in [3.8, 4) is 0 Å². The van der Waals surface area contributed by atoms with Gasteiger partial charge in [0, 0.05) is 23.2 Å². The van der Waals surface area contributed by atoms with Crippen molar-refractivity contribution in [1.29, 1.82) is 0 Å². The van der Waals surface area contributed by atoms with Crippen molar-refractivity contribution in [2.24, 2.45) is 0 Å². The SMILES string of the molecule is Cc1noc(C)c1CNC(C)c1ccccc1Cl. The van der Waals surface area contributed by atoms with Gasteiger partial charge in [0.2, 0.25) is 0 Å². The van der Waals surface area contributed by atoms with Gasteiger partial charge in [0.25, 0.3) is 0 Å². The van der Waals surface area contributed by atoms with Gasteiger partial charge in [-0.15, -0.1) is 0 Å². The zero-order valence-corrected chi connectivity index (χ0v) is 11.6. The van der Waals surface area contributed by atoms with Crippen molar-refractivity contribution >= 4 is 11.6 Å². The second kappa shape index (κ2) is 5.55. The number of nitrogens with zero attached hydrogens (tertiary/aromatic N) is 1. The van der Waals surface area contributed by atoms with Gasteiger partial charge in [-0.1, -0.05) is 35.0 Å². The Kier molecular flexibility index (Phi) is 4.04. The van der Waals surface area contributed by atoms with Crippen LogP contribution >= 0.6 is 11.6 Å². The molecule has 4 heteroatoms. The maximum absolute atomic E-state index is 6.17. The summed E-state index contributed by atoms with van der Waals surface area (Å²) >= 11 is 6.17. The van der Waals surface area contributed by atoms with Gasteiger partial charge >= 0.3 is 0 Å². The summed E-state index contributed by atoms with van der Waals surface area (Å²) in [6.45, 7) is 6.71. The molecule has 0 amide bonds. The second-order valence-corrected chi connectivity index (χ2v) is 4.83. The van der Waals surface area contributed by atoms with E-state index >= 15 is 0 Å². The number of aryl methyl sites for hydroxylation is 2. The van der Waals surface area contributed by atoms with Gasteiger partial charge in [0.05, 0.1) is 5.69 Å². The Morgan fingerprint density at radius 2 is 2.06 bits per heavy atom. The maximum atomic E-state index is 6.17. The van der Waals surface area contributed by atoms with Crippen LogP contribution in [0.15, 0.2) is 28.8 Å². The topological polar surface area (TPSA) is 38.1 Å². The molecule has 96 valence electrons. The van der Waals surface area contributed by atoms with Crippen molar-refractivity contribution in [3.05, 3.63) is 51.9 Å². The van der Waals surface area contributed by atoms with E-state index in [2.05, 4.69) is 17.4 Å². The van der Waals surface area contributed by atoms with Gasteiger partial charge in [-0.05, 0) is 32.4 Å². The average molecular weight is 265 g/mol. The highest BCUT2D eigenvalue weighted by Crippen LogP contribution is 2.23. The van der Waals surface area contributed by atoms with Crippen LogP contribution in [-0.2, 0) is 6.54 Å². The molecule has 1 N–H and O–H groups in total. The van der Waals surface area contributed by atoms with E-state index in [4.69, 9.17) is 16.1 Å². The highest BCUT2D eigenvalue weighted by molar-refractivity contribution is 6.31. The smallest absolute Gasteiger partial charge is 0.138 e. The Bertz CT molecular complexity index is 517. The molecule has 1 aromatic heterocycles. The molecule has 0 saturated heterocycles. The highest BCUT2D eigenvalue weighted by atomic mass is 35.5. The van der Waals surface area contributed by atoms with Gasteiger partial charge in [0.15, 0.2) is 0 Å². The van der Waals surface area contributed by atoms with Crippen LogP contribution in [0.4, 0.5) is 0 Å². The Hall–Kier alpha value is -1.32. The molecule has 18 heavy (non-hydrogen) atoms. The predicted molar refractivity (Wildman–Crippen MR) is 72.7 cm³/mol. The molecule has 0 aliphatic rings. The molecule has 2 rings (SSSR count). The predicted octanol–water partition coefficient (Wildman–Crippen LogP) is 3.80. The number of aromatic nitrogens is 1. The van der Waals surface area contributed by atoms with Crippen LogP contribution in [0.1, 0.15) is 35.5 Å². The second-order valence-electron chi connectivity index (χ2n) is 4.43. The summed E-state index contributed by atoms with van der Waals surface area (Å²) in [5.41, 5.74) is 3.16. The lowest BCUT2D eigenvalue weighted by atomic mass is 10.1. The molecule has 0 aliphatic carbocycles. The molecular formula is C14H17ClN2O. The van der Waals surface area contributed by atoms with Crippen LogP contribution in [0.25, 0.3) is 0 Å². The Balaban J connectivity index is 2.05. The molecule has 1 aromatic carbocycles. The summed E-state index contributed by atoms with van der Waals surface area (Å²) < 4.78 is 5.14. The van der Waals surface area contributed by atoms with E-state index in [9.17, 15) is 0 Å². The van der Waals surface area contributed by atoms with E-state index in [1.165, 1.54) is 0 Å². The number of benzene rings is 1. The minimum absolute atomic E-state index is 0.187. The summed E-state index contributed by atoms with van der Waals surface area (Å²) in [5, 5.41) is 8.17. The summed E-state index contributed by atoms with van der Waals surface area (Å²) in [6.07, 6.45) is 0. The van der Waals surface area contributed by atoms with Crippen LogP contribution in [0.2, 0.25) is 5.02 Å². The van der Waals surface area contributed by atoms with Gasteiger partial charge in [0.1, 0.15) is 5.76 Å². The van der Waals surface area contributed by atoms with Crippen molar-refractivity contribution < 1.29 is 4.52 Å². The lowest BCUT2D eigenvalue weighted by Crippen LogP contribution is -2.19. The fourth-order valence-electron chi connectivity index (χ4n) is 1.95. The Morgan fingerprint density at radius 1 is 1.33 bits per heavy atom. The molecule has 0 fully saturated rings. The minimum Gasteiger partial charge on any atom is -0.361 e. The fourth-order valence-corrected chi connectivity index (χ4v) is 2.25. The first-order valence-electron chi connectivity index (χ1n) is 5.99. The molecule has 0 bridgehead atoms. The number of nitrogens with one attached hydrogen (secondary N) is 1. The van der Waals surface area contributed by atoms with Crippen LogP contribution in [0.3, 0.4) is 0 Å². The first-order valence-corrected chi connectivity index (χ1v) is 6.37. The summed E-state index contributed by atoms with van der Waals surface area (Å²) in [6, 6.07) is 8.06. The van der Waals surface area contributed by atoms with Crippen molar-refractivity contribution in [3.63, 3.8) is 0 Å². The number of rotatable bonds is 4. The zero-order chi connectivity index (χ0) is 13.1. The first kappa shape index (κ1) is 13.1. The molecule has 0 aliphatic heterocycles. The van der Waals surface area contributed by atoms with Crippen LogP contribution in [0.5, 0.6) is 0 Å². The highest BCUT2D eigenvalue weighted by Gasteiger charge is 2.12. The number of hydrogen-bond donors (Lipinski definition) is 1. The molecule has 1 unspecified atom stereocenters. The maximum Gasteiger partial charge on any atom is 0.138 e. The minimum atomic E-state index is 0.187. The van der Waals surface area contributed by atoms with Gasteiger partial charge in [-0.3, -0.25) is 0 Å². The third-order valence-electron chi connectivity index (χ3n) is 3.14. The molecular weight excluding hydrogens is 248 g/mol. The van der Waals surface area contributed by atoms with Crippen LogP contribution in [-0.4, -0.2) is 5.16 Å². The molecule has 1 heterocycles.